The number of ether oxygens (including phenoxy) is 4. The van der Waals surface area contributed by atoms with Gasteiger partial charge in [-0.05, 0) is 50.1 Å². The molecule has 0 aliphatic rings. The molecule has 0 saturated carbocycles. The van der Waals surface area contributed by atoms with Gasteiger partial charge in [0.05, 0.1) is 27.4 Å². The smallest absolute Gasteiger partial charge is 0.305 e. The summed E-state index contributed by atoms with van der Waals surface area (Å²) in [4.78, 5) is 24.0. The molecule has 0 fully saturated rings. The van der Waals surface area contributed by atoms with Crippen LogP contribution in [0.5, 0.6) is 17.2 Å². The van der Waals surface area contributed by atoms with Gasteiger partial charge in [-0.15, -0.1) is 0 Å². The minimum atomic E-state index is -0.305. The van der Waals surface area contributed by atoms with E-state index in [4.69, 9.17) is 23.4 Å². The third-order valence-corrected chi connectivity index (χ3v) is 4.98. The third-order valence-electron chi connectivity index (χ3n) is 4.98. The zero-order chi connectivity index (χ0) is 24.5. The molecule has 0 bridgehead atoms. The maximum absolute atomic E-state index is 12.5. The zero-order valence-corrected chi connectivity index (χ0v) is 19.8. The molecule has 0 aliphatic carbocycles. The van der Waals surface area contributed by atoms with Crippen molar-refractivity contribution in [3.8, 4) is 17.2 Å². The molecule has 0 aliphatic heterocycles. The van der Waals surface area contributed by atoms with E-state index < -0.39 is 0 Å². The van der Waals surface area contributed by atoms with Crippen molar-refractivity contribution in [2.75, 3.05) is 32.8 Å². The fraction of sp³-hybridized carbons (Fsp3) is 0.308. The summed E-state index contributed by atoms with van der Waals surface area (Å²) < 4.78 is 27.2. The lowest BCUT2D eigenvalue weighted by molar-refractivity contribution is -0.143. The second-order valence-corrected chi connectivity index (χ2v) is 7.43. The van der Waals surface area contributed by atoms with E-state index >= 15 is 0 Å². The van der Waals surface area contributed by atoms with E-state index in [1.165, 1.54) is 13.2 Å². The van der Waals surface area contributed by atoms with Gasteiger partial charge < -0.3 is 28.7 Å². The summed E-state index contributed by atoms with van der Waals surface area (Å²) in [5.41, 5.74) is 1.82. The standard InChI is InChI=1S/C26H29NO7/c1-5-32-25(29)10-7-13-33-21-9-6-8-18-15-22(34-26(18)21)17(2)14-24(28)27-19-11-12-20(30-3)23(16-19)31-4/h6,8-9,11-12,14-16H,5,7,10,13H2,1-4H3,(H,27,28)/b17-14-. The number of amides is 1. The Morgan fingerprint density at radius 1 is 1.03 bits per heavy atom. The molecule has 180 valence electrons. The van der Waals surface area contributed by atoms with Crippen LogP contribution in [0, 0.1) is 0 Å². The van der Waals surface area contributed by atoms with Crippen molar-refractivity contribution in [1.82, 2.24) is 0 Å². The van der Waals surface area contributed by atoms with E-state index in [1.807, 2.05) is 24.3 Å². The molecule has 34 heavy (non-hydrogen) atoms. The number of hydrogen-bond acceptors (Lipinski definition) is 7. The van der Waals surface area contributed by atoms with Crippen LogP contribution in [0.3, 0.4) is 0 Å². The molecule has 0 spiro atoms. The van der Waals surface area contributed by atoms with E-state index in [0.717, 1.165) is 5.39 Å². The summed E-state index contributed by atoms with van der Waals surface area (Å²) >= 11 is 0. The Morgan fingerprint density at radius 2 is 1.82 bits per heavy atom. The molecular weight excluding hydrogens is 438 g/mol. The monoisotopic (exact) mass is 467 g/mol. The van der Waals surface area contributed by atoms with Crippen LogP contribution in [0.4, 0.5) is 5.69 Å². The molecule has 0 saturated heterocycles. The van der Waals surface area contributed by atoms with E-state index in [0.29, 0.717) is 65.9 Å². The Kier molecular flexibility index (Phi) is 8.56. The number of nitrogens with one attached hydrogen (secondary N) is 1. The van der Waals surface area contributed by atoms with Gasteiger partial charge in [-0.1, -0.05) is 12.1 Å². The van der Waals surface area contributed by atoms with Crippen LogP contribution >= 0.6 is 0 Å². The summed E-state index contributed by atoms with van der Waals surface area (Å²) in [6.07, 6.45) is 2.30. The topological polar surface area (TPSA) is 96.2 Å². The number of carbonyl (C=O) groups excluding carboxylic acids is 2. The Balaban J connectivity index is 1.68. The second-order valence-electron chi connectivity index (χ2n) is 7.43. The lowest BCUT2D eigenvalue weighted by Crippen LogP contribution is -2.08. The highest BCUT2D eigenvalue weighted by atomic mass is 16.5. The van der Waals surface area contributed by atoms with Crippen molar-refractivity contribution < 1.29 is 33.0 Å². The van der Waals surface area contributed by atoms with Crippen LogP contribution in [-0.4, -0.2) is 39.3 Å². The van der Waals surface area contributed by atoms with Crippen molar-refractivity contribution in [2.24, 2.45) is 0 Å². The van der Waals surface area contributed by atoms with Crippen LogP contribution in [0.2, 0.25) is 0 Å². The fourth-order valence-corrected chi connectivity index (χ4v) is 3.34. The summed E-state index contributed by atoms with van der Waals surface area (Å²) in [6.45, 7) is 4.30. The van der Waals surface area contributed by atoms with Crippen molar-refractivity contribution in [1.29, 1.82) is 0 Å². The highest BCUT2D eigenvalue weighted by Crippen LogP contribution is 2.32. The first kappa shape index (κ1) is 24.7. The fourth-order valence-electron chi connectivity index (χ4n) is 3.34. The average molecular weight is 468 g/mol. The number of rotatable bonds is 11. The molecule has 2 aromatic carbocycles. The molecule has 0 atom stereocenters. The highest BCUT2D eigenvalue weighted by Gasteiger charge is 2.13. The highest BCUT2D eigenvalue weighted by molar-refractivity contribution is 6.04. The van der Waals surface area contributed by atoms with Crippen molar-refractivity contribution >= 4 is 34.1 Å². The van der Waals surface area contributed by atoms with E-state index in [1.54, 1.807) is 39.2 Å². The quantitative estimate of drug-likeness (QED) is 0.235. The lowest BCUT2D eigenvalue weighted by Gasteiger charge is -2.09. The van der Waals surface area contributed by atoms with E-state index in [9.17, 15) is 9.59 Å². The van der Waals surface area contributed by atoms with Gasteiger partial charge in [0.1, 0.15) is 5.76 Å². The third kappa shape index (κ3) is 6.31. The number of hydrogen-bond donors (Lipinski definition) is 1. The van der Waals surface area contributed by atoms with Crippen LogP contribution < -0.4 is 19.5 Å². The minimum Gasteiger partial charge on any atom is -0.493 e. The van der Waals surface area contributed by atoms with E-state index in [2.05, 4.69) is 5.32 Å². The number of carbonyl (C=O) groups is 2. The summed E-state index contributed by atoms with van der Waals surface area (Å²) in [7, 11) is 3.09. The molecule has 1 aromatic heterocycles. The first-order chi connectivity index (χ1) is 16.4. The van der Waals surface area contributed by atoms with Crippen LogP contribution in [-0.2, 0) is 14.3 Å². The minimum absolute atomic E-state index is 0.239. The molecule has 1 N–H and O–H groups in total. The van der Waals surface area contributed by atoms with Crippen LogP contribution in [0.25, 0.3) is 16.5 Å². The number of allylic oxidation sites excluding steroid dienone is 1. The number of para-hydroxylation sites is 1. The van der Waals surface area contributed by atoms with Gasteiger partial charge >= 0.3 is 5.97 Å². The number of anilines is 1. The lowest BCUT2D eigenvalue weighted by atomic mass is 10.2. The predicted octanol–water partition coefficient (Wildman–Crippen LogP) is 5.21. The van der Waals surface area contributed by atoms with Crippen LogP contribution in [0.15, 0.2) is 53.0 Å². The Bertz CT molecular complexity index is 1180. The molecule has 1 amide bonds. The number of esters is 1. The van der Waals surface area contributed by atoms with Gasteiger partial charge in [-0.2, -0.15) is 0 Å². The Morgan fingerprint density at radius 3 is 2.56 bits per heavy atom. The summed E-state index contributed by atoms with van der Waals surface area (Å²) in [6, 6.07) is 12.6. The molecular formula is C26H29NO7. The van der Waals surface area contributed by atoms with Crippen molar-refractivity contribution in [2.45, 2.75) is 26.7 Å². The summed E-state index contributed by atoms with van der Waals surface area (Å²) in [5, 5.41) is 3.66. The first-order valence-electron chi connectivity index (χ1n) is 11.0. The van der Waals surface area contributed by atoms with Gasteiger partial charge in [0.2, 0.25) is 5.91 Å². The van der Waals surface area contributed by atoms with Crippen LogP contribution in [0.1, 0.15) is 32.4 Å². The normalized spacial score (nSPS) is 11.2. The van der Waals surface area contributed by atoms with Gasteiger partial charge in [-0.3, -0.25) is 9.59 Å². The van der Waals surface area contributed by atoms with Gasteiger partial charge in [0.15, 0.2) is 22.8 Å². The Labute approximate surface area is 198 Å². The zero-order valence-electron chi connectivity index (χ0n) is 19.8. The second kappa shape index (κ2) is 11.8. The molecule has 0 radical (unpaired) electrons. The van der Waals surface area contributed by atoms with E-state index in [-0.39, 0.29) is 11.9 Å². The molecule has 1 heterocycles. The maximum atomic E-state index is 12.5. The van der Waals surface area contributed by atoms with Gasteiger partial charge in [0, 0.05) is 29.6 Å². The van der Waals surface area contributed by atoms with Gasteiger partial charge in [-0.25, -0.2) is 0 Å². The molecule has 3 rings (SSSR count). The molecule has 0 unspecified atom stereocenters. The Hall–Kier alpha value is -3.94. The van der Waals surface area contributed by atoms with Crippen molar-refractivity contribution in [3.63, 3.8) is 0 Å². The molecule has 3 aromatic rings. The molecule has 8 nitrogen and oxygen atoms in total. The van der Waals surface area contributed by atoms with Gasteiger partial charge in [0.25, 0.3) is 0 Å². The maximum Gasteiger partial charge on any atom is 0.305 e. The van der Waals surface area contributed by atoms with Crippen molar-refractivity contribution in [3.05, 3.63) is 54.3 Å². The average Bonchev–Trinajstić information content (AvgIpc) is 3.27. The summed E-state index contributed by atoms with van der Waals surface area (Å²) in [5.74, 6) is 1.69. The predicted molar refractivity (Wildman–Crippen MR) is 129 cm³/mol. The molecule has 8 heteroatoms. The number of methoxy groups -OCH3 is 2. The largest absolute Gasteiger partial charge is 0.493 e. The number of fused-ring (bicyclic) bond motifs is 1. The first-order valence-corrected chi connectivity index (χ1v) is 11.0. The number of benzene rings is 2. The SMILES string of the molecule is CCOC(=O)CCCOc1cccc2cc(/C(C)=C\C(=O)Nc3ccc(OC)c(OC)c3)oc12. The number of furan rings is 1.